The lowest BCUT2D eigenvalue weighted by atomic mass is 10.0. The molecule has 1 heterocycles. The number of rotatable bonds is 4. The summed E-state index contributed by atoms with van der Waals surface area (Å²) in [6, 6.07) is 6.67. The molecule has 1 fully saturated rings. The van der Waals surface area contributed by atoms with E-state index < -0.39 is 29.8 Å². The quantitative estimate of drug-likeness (QED) is 0.764. The lowest BCUT2D eigenvalue weighted by molar-refractivity contribution is -0.152. The van der Waals surface area contributed by atoms with Crippen molar-refractivity contribution in [3.63, 3.8) is 0 Å². The van der Waals surface area contributed by atoms with Gasteiger partial charge in [-0.25, -0.2) is 4.79 Å². The molecule has 0 saturated carbocycles. The topological polar surface area (TPSA) is 82.1 Å². The molecule has 142 valence electrons. The van der Waals surface area contributed by atoms with Crippen molar-refractivity contribution in [3.8, 4) is 5.75 Å². The molecular formula is C19H25NO6. The zero-order valence-electron chi connectivity index (χ0n) is 15.8. The molecule has 1 aromatic rings. The minimum Gasteiger partial charge on any atom is -0.497 e. The highest BCUT2D eigenvalue weighted by atomic mass is 16.6. The molecule has 0 unspecified atom stereocenters. The van der Waals surface area contributed by atoms with Crippen LogP contribution in [-0.2, 0) is 25.5 Å². The Bertz CT molecular complexity index is 676. The van der Waals surface area contributed by atoms with Crippen LogP contribution in [0.25, 0.3) is 0 Å². The fourth-order valence-corrected chi connectivity index (χ4v) is 2.82. The number of carbonyl (C=O) groups excluding carboxylic acids is 3. The van der Waals surface area contributed by atoms with Gasteiger partial charge < -0.3 is 14.2 Å². The normalized spacial score (nSPS) is 20.0. The average molecular weight is 363 g/mol. The smallest absolute Gasteiger partial charge is 0.411 e. The Balaban J connectivity index is 2.26. The summed E-state index contributed by atoms with van der Waals surface area (Å²) in [6.07, 6.45) is -1.24. The Morgan fingerprint density at radius 1 is 1.19 bits per heavy atom. The molecule has 7 nitrogen and oxygen atoms in total. The van der Waals surface area contributed by atoms with E-state index in [1.165, 1.54) is 11.8 Å². The van der Waals surface area contributed by atoms with Gasteiger partial charge in [-0.2, -0.15) is 0 Å². The van der Waals surface area contributed by atoms with Gasteiger partial charge in [0.15, 0.2) is 11.9 Å². The van der Waals surface area contributed by atoms with Gasteiger partial charge in [0.25, 0.3) is 0 Å². The van der Waals surface area contributed by atoms with Gasteiger partial charge in [0.05, 0.1) is 19.7 Å². The van der Waals surface area contributed by atoms with Gasteiger partial charge in [0.2, 0.25) is 0 Å². The van der Waals surface area contributed by atoms with E-state index in [-0.39, 0.29) is 12.3 Å². The minimum atomic E-state index is -0.998. The molecule has 0 aromatic heterocycles. The number of esters is 1. The summed E-state index contributed by atoms with van der Waals surface area (Å²) in [5.41, 5.74) is 0.195. The average Bonchev–Trinajstić information content (AvgIpc) is 2.83. The summed E-state index contributed by atoms with van der Waals surface area (Å²) < 4.78 is 15.7. The molecule has 7 heteroatoms. The van der Waals surface area contributed by atoms with Gasteiger partial charge in [-0.1, -0.05) is 12.1 Å². The first-order valence-corrected chi connectivity index (χ1v) is 8.43. The Hall–Kier alpha value is -2.57. The third-order valence-electron chi connectivity index (χ3n) is 3.92. The number of hydrogen-bond acceptors (Lipinski definition) is 6. The van der Waals surface area contributed by atoms with Gasteiger partial charge in [0.1, 0.15) is 11.4 Å². The Morgan fingerprint density at radius 2 is 1.81 bits per heavy atom. The maximum Gasteiger partial charge on any atom is 0.411 e. The number of amides is 1. The van der Waals surface area contributed by atoms with Crippen LogP contribution in [0.1, 0.15) is 33.3 Å². The van der Waals surface area contributed by atoms with E-state index >= 15 is 0 Å². The molecule has 1 aliphatic heterocycles. The third kappa shape index (κ3) is 4.97. The standard InChI is InChI=1S/C19H25NO6/c1-12(21)25-17-15(10-13-6-8-14(24-5)9-7-13)20(11-16(17)22)18(23)26-19(2,3)4/h6-9,15,17H,10-11H2,1-5H3/t15-,17+/m1/s1. The lowest BCUT2D eigenvalue weighted by Gasteiger charge is -2.29. The predicted molar refractivity (Wildman–Crippen MR) is 94.0 cm³/mol. The molecule has 26 heavy (non-hydrogen) atoms. The second kappa shape index (κ2) is 7.76. The van der Waals surface area contributed by atoms with E-state index in [0.717, 1.165) is 5.56 Å². The largest absolute Gasteiger partial charge is 0.497 e. The van der Waals surface area contributed by atoms with Crippen molar-refractivity contribution in [1.82, 2.24) is 4.90 Å². The van der Waals surface area contributed by atoms with E-state index in [1.807, 2.05) is 12.1 Å². The van der Waals surface area contributed by atoms with Crippen LogP contribution in [0.3, 0.4) is 0 Å². The Labute approximate surface area is 153 Å². The van der Waals surface area contributed by atoms with Crippen molar-refractivity contribution in [3.05, 3.63) is 29.8 Å². The maximum atomic E-state index is 12.5. The van der Waals surface area contributed by atoms with E-state index in [9.17, 15) is 14.4 Å². The molecule has 1 amide bonds. The minimum absolute atomic E-state index is 0.145. The fraction of sp³-hybridized carbons (Fsp3) is 0.526. The predicted octanol–water partition coefficient (Wildman–Crippen LogP) is 2.36. The number of hydrogen-bond donors (Lipinski definition) is 0. The lowest BCUT2D eigenvalue weighted by Crippen LogP contribution is -2.44. The highest BCUT2D eigenvalue weighted by molar-refractivity contribution is 5.93. The van der Waals surface area contributed by atoms with Crippen molar-refractivity contribution >= 4 is 17.8 Å². The molecule has 0 aliphatic carbocycles. The highest BCUT2D eigenvalue weighted by Crippen LogP contribution is 2.25. The van der Waals surface area contributed by atoms with Crippen LogP contribution >= 0.6 is 0 Å². The van der Waals surface area contributed by atoms with Crippen LogP contribution < -0.4 is 4.74 Å². The molecule has 1 saturated heterocycles. The van der Waals surface area contributed by atoms with Crippen molar-refractivity contribution in [2.45, 2.75) is 51.9 Å². The van der Waals surface area contributed by atoms with Gasteiger partial charge in [-0.15, -0.1) is 0 Å². The Kier molecular flexibility index (Phi) is 5.90. The third-order valence-corrected chi connectivity index (χ3v) is 3.92. The van der Waals surface area contributed by atoms with Crippen molar-refractivity contribution < 1.29 is 28.6 Å². The van der Waals surface area contributed by atoms with Crippen LogP contribution in [-0.4, -0.2) is 54.1 Å². The number of nitrogens with zero attached hydrogens (tertiary/aromatic N) is 1. The molecule has 1 aromatic carbocycles. The summed E-state index contributed by atoms with van der Waals surface area (Å²) in [4.78, 5) is 37.6. The number of ether oxygens (including phenoxy) is 3. The van der Waals surface area contributed by atoms with Crippen molar-refractivity contribution in [2.24, 2.45) is 0 Å². The highest BCUT2D eigenvalue weighted by Gasteiger charge is 2.46. The van der Waals surface area contributed by atoms with Crippen LogP contribution in [0.4, 0.5) is 4.79 Å². The van der Waals surface area contributed by atoms with E-state index in [0.29, 0.717) is 12.2 Å². The second-order valence-electron chi connectivity index (χ2n) is 7.22. The molecule has 2 atom stereocenters. The van der Waals surface area contributed by atoms with E-state index in [2.05, 4.69) is 0 Å². The van der Waals surface area contributed by atoms with Crippen LogP contribution in [0, 0.1) is 0 Å². The van der Waals surface area contributed by atoms with E-state index in [1.54, 1.807) is 40.0 Å². The fourth-order valence-electron chi connectivity index (χ4n) is 2.82. The number of Topliss-reactive ketones (excluding diaryl/α,β-unsaturated/α-hetero) is 1. The number of likely N-dealkylation sites (tertiary alicyclic amines) is 1. The summed E-state index contributed by atoms with van der Waals surface area (Å²) in [5.74, 6) is -0.171. The summed E-state index contributed by atoms with van der Waals surface area (Å²) in [7, 11) is 1.58. The SMILES string of the molecule is COc1ccc(C[C@@H]2[C@H](OC(C)=O)C(=O)CN2C(=O)OC(C)(C)C)cc1. The molecule has 1 aliphatic rings. The molecule has 2 rings (SSSR count). The number of ketones is 1. The van der Waals surface area contributed by atoms with Crippen molar-refractivity contribution in [2.75, 3.05) is 13.7 Å². The number of carbonyl (C=O) groups is 3. The first-order chi connectivity index (χ1) is 12.1. The Morgan fingerprint density at radius 3 is 2.31 bits per heavy atom. The zero-order valence-corrected chi connectivity index (χ0v) is 15.8. The first kappa shape index (κ1) is 19.8. The van der Waals surface area contributed by atoms with Crippen LogP contribution in [0.15, 0.2) is 24.3 Å². The molecule has 0 spiro atoms. The molecule has 0 radical (unpaired) electrons. The summed E-state index contributed by atoms with van der Waals surface area (Å²) >= 11 is 0. The van der Waals surface area contributed by atoms with E-state index in [4.69, 9.17) is 14.2 Å². The zero-order chi connectivity index (χ0) is 19.5. The van der Waals surface area contributed by atoms with Crippen LogP contribution in [0.5, 0.6) is 5.75 Å². The van der Waals surface area contributed by atoms with Gasteiger partial charge in [0, 0.05) is 6.92 Å². The second-order valence-corrected chi connectivity index (χ2v) is 7.22. The summed E-state index contributed by atoms with van der Waals surface area (Å²) in [6.45, 7) is 6.36. The van der Waals surface area contributed by atoms with Gasteiger partial charge in [-0.3, -0.25) is 14.5 Å². The van der Waals surface area contributed by atoms with Gasteiger partial charge >= 0.3 is 12.1 Å². The molecule has 0 N–H and O–H groups in total. The summed E-state index contributed by atoms with van der Waals surface area (Å²) in [5, 5.41) is 0. The van der Waals surface area contributed by atoms with Crippen LogP contribution in [0.2, 0.25) is 0 Å². The first-order valence-electron chi connectivity index (χ1n) is 8.43. The monoisotopic (exact) mass is 363 g/mol. The maximum absolute atomic E-state index is 12.5. The number of benzene rings is 1. The molecule has 0 bridgehead atoms. The van der Waals surface area contributed by atoms with Crippen molar-refractivity contribution in [1.29, 1.82) is 0 Å². The van der Waals surface area contributed by atoms with Gasteiger partial charge in [-0.05, 0) is 44.9 Å². The number of methoxy groups -OCH3 is 1. The molecular weight excluding hydrogens is 338 g/mol.